The largest absolute Gasteiger partial charge is 0.290 e. The van der Waals surface area contributed by atoms with Gasteiger partial charge in [0, 0.05) is 6.20 Å². The Morgan fingerprint density at radius 3 is 2.85 bits per heavy atom. The van der Waals surface area contributed by atoms with Crippen LogP contribution in [0.25, 0.3) is 0 Å². The van der Waals surface area contributed by atoms with Gasteiger partial charge >= 0.3 is 0 Å². The third-order valence-corrected chi connectivity index (χ3v) is 1.76. The average molecular weight is 179 g/mol. The van der Waals surface area contributed by atoms with E-state index in [1.165, 1.54) is 0 Å². The highest BCUT2D eigenvalue weighted by Gasteiger charge is 2.12. The predicted octanol–water partition coefficient (Wildman–Crippen LogP) is 0.809. The third kappa shape index (κ3) is 2.03. The first kappa shape index (κ1) is 9.67. The minimum atomic E-state index is -0.295. The molecule has 70 valence electrons. The van der Waals surface area contributed by atoms with Gasteiger partial charge in [0.05, 0.1) is 11.3 Å². The van der Waals surface area contributed by atoms with Crippen LogP contribution in [0, 0.1) is 0 Å². The summed E-state index contributed by atoms with van der Waals surface area (Å²) in [5.41, 5.74) is 3.41. The number of nitrogen functional groups attached to an aromatic ring is 1. The van der Waals surface area contributed by atoms with Gasteiger partial charge in [0.2, 0.25) is 0 Å². The van der Waals surface area contributed by atoms with E-state index < -0.39 is 0 Å². The molecule has 0 unspecified atom stereocenters. The zero-order valence-electron chi connectivity index (χ0n) is 7.74. The maximum Gasteiger partial charge on any atom is 0.267 e. The van der Waals surface area contributed by atoms with Crippen LogP contribution in [0.5, 0.6) is 0 Å². The molecule has 3 N–H and O–H groups in total. The standard InChI is InChI=1S/C9H13N3O/c1-6(2)8-7(9(13)12-10)4-3-5-11-8/h3-6H,10H2,1-2H3,(H,12,13). The molecule has 1 aromatic heterocycles. The van der Waals surface area contributed by atoms with Crippen molar-refractivity contribution < 1.29 is 4.79 Å². The van der Waals surface area contributed by atoms with E-state index in [0.717, 1.165) is 5.69 Å². The van der Waals surface area contributed by atoms with E-state index >= 15 is 0 Å². The highest BCUT2D eigenvalue weighted by Crippen LogP contribution is 2.15. The molecule has 0 aliphatic rings. The van der Waals surface area contributed by atoms with Crippen molar-refractivity contribution in [3.8, 4) is 0 Å². The molecular formula is C9H13N3O. The van der Waals surface area contributed by atoms with Gasteiger partial charge in [-0.25, -0.2) is 5.84 Å². The maximum atomic E-state index is 11.3. The van der Waals surface area contributed by atoms with Gasteiger partial charge in [0.15, 0.2) is 0 Å². The second-order valence-corrected chi connectivity index (χ2v) is 3.06. The Kier molecular flexibility index (Phi) is 2.97. The summed E-state index contributed by atoms with van der Waals surface area (Å²) >= 11 is 0. The maximum absolute atomic E-state index is 11.3. The second-order valence-electron chi connectivity index (χ2n) is 3.06. The summed E-state index contributed by atoms with van der Waals surface area (Å²) in [4.78, 5) is 15.4. The van der Waals surface area contributed by atoms with Crippen LogP contribution < -0.4 is 11.3 Å². The molecule has 0 bridgehead atoms. The monoisotopic (exact) mass is 179 g/mol. The molecule has 0 aliphatic heterocycles. The number of hydrogen-bond donors (Lipinski definition) is 2. The molecule has 1 aromatic rings. The van der Waals surface area contributed by atoms with Crippen molar-refractivity contribution >= 4 is 5.91 Å². The molecule has 1 amide bonds. The zero-order valence-corrected chi connectivity index (χ0v) is 7.74. The number of hydrazine groups is 1. The molecule has 0 saturated heterocycles. The molecule has 13 heavy (non-hydrogen) atoms. The van der Waals surface area contributed by atoms with Crippen molar-refractivity contribution in [2.75, 3.05) is 0 Å². The van der Waals surface area contributed by atoms with Gasteiger partial charge in [0.1, 0.15) is 0 Å². The Balaban J connectivity index is 3.12. The fraction of sp³-hybridized carbons (Fsp3) is 0.333. The molecule has 4 heteroatoms. The molecule has 0 spiro atoms. The van der Waals surface area contributed by atoms with E-state index in [4.69, 9.17) is 5.84 Å². The molecule has 1 rings (SSSR count). The van der Waals surface area contributed by atoms with E-state index in [1.807, 2.05) is 13.8 Å². The lowest BCUT2D eigenvalue weighted by Crippen LogP contribution is -2.31. The highest BCUT2D eigenvalue weighted by molar-refractivity contribution is 5.94. The molecule has 0 aromatic carbocycles. The van der Waals surface area contributed by atoms with Crippen molar-refractivity contribution in [3.63, 3.8) is 0 Å². The van der Waals surface area contributed by atoms with Gasteiger partial charge < -0.3 is 0 Å². The Hall–Kier alpha value is -1.42. The molecule has 0 atom stereocenters. The van der Waals surface area contributed by atoms with Crippen molar-refractivity contribution in [2.24, 2.45) is 5.84 Å². The summed E-state index contributed by atoms with van der Waals surface area (Å²) in [5.74, 6) is 4.97. The molecular weight excluding hydrogens is 166 g/mol. The Morgan fingerprint density at radius 2 is 2.31 bits per heavy atom. The summed E-state index contributed by atoms with van der Waals surface area (Å²) in [7, 11) is 0. The first-order valence-electron chi connectivity index (χ1n) is 4.12. The number of nitrogens with one attached hydrogen (secondary N) is 1. The highest BCUT2D eigenvalue weighted by atomic mass is 16.2. The van der Waals surface area contributed by atoms with Crippen molar-refractivity contribution in [3.05, 3.63) is 29.6 Å². The van der Waals surface area contributed by atoms with Crippen molar-refractivity contribution in [1.29, 1.82) is 0 Å². The fourth-order valence-corrected chi connectivity index (χ4v) is 1.15. The number of carbonyl (C=O) groups is 1. The van der Waals surface area contributed by atoms with Crippen LogP contribution in [0.1, 0.15) is 35.8 Å². The summed E-state index contributed by atoms with van der Waals surface area (Å²) in [6, 6.07) is 3.43. The van der Waals surface area contributed by atoms with E-state index in [-0.39, 0.29) is 11.8 Å². The van der Waals surface area contributed by atoms with Gasteiger partial charge in [-0.15, -0.1) is 0 Å². The van der Waals surface area contributed by atoms with Crippen LogP contribution in [-0.4, -0.2) is 10.9 Å². The van der Waals surface area contributed by atoms with Gasteiger partial charge in [-0.2, -0.15) is 0 Å². The van der Waals surface area contributed by atoms with Crippen LogP contribution in [0.4, 0.5) is 0 Å². The molecule has 0 aliphatic carbocycles. The van der Waals surface area contributed by atoms with Crippen molar-refractivity contribution in [1.82, 2.24) is 10.4 Å². The molecule has 0 radical (unpaired) electrons. The average Bonchev–Trinajstić information content (AvgIpc) is 2.16. The number of nitrogens with zero attached hydrogens (tertiary/aromatic N) is 1. The number of hydrogen-bond acceptors (Lipinski definition) is 3. The normalized spacial score (nSPS) is 10.2. The lowest BCUT2D eigenvalue weighted by Gasteiger charge is -2.08. The van der Waals surface area contributed by atoms with Crippen LogP contribution in [-0.2, 0) is 0 Å². The lowest BCUT2D eigenvalue weighted by atomic mass is 10.0. The van der Waals surface area contributed by atoms with Gasteiger partial charge in [0.25, 0.3) is 5.91 Å². The fourth-order valence-electron chi connectivity index (χ4n) is 1.15. The molecule has 4 nitrogen and oxygen atoms in total. The molecule has 0 saturated carbocycles. The van der Waals surface area contributed by atoms with Gasteiger partial charge in [-0.3, -0.25) is 15.2 Å². The molecule has 1 heterocycles. The zero-order chi connectivity index (χ0) is 9.84. The minimum absolute atomic E-state index is 0.216. The summed E-state index contributed by atoms with van der Waals surface area (Å²) in [5, 5.41) is 0. The summed E-state index contributed by atoms with van der Waals surface area (Å²) < 4.78 is 0. The van der Waals surface area contributed by atoms with Crippen LogP contribution >= 0.6 is 0 Å². The number of pyridine rings is 1. The Morgan fingerprint density at radius 1 is 1.62 bits per heavy atom. The van der Waals surface area contributed by atoms with E-state index in [0.29, 0.717) is 5.56 Å². The molecule has 0 fully saturated rings. The topological polar surface area (TPSA) is 68.0 Å². The minimum Gasteiger partial charge on any atom is -0.290 e. The first-order valence-corrected chi connectivity index (χ1v) is 4.12. The van der Waals surface area contributed by atoms with Crippen molar-refractivity contribution in [2.45, 2.75) is 19.8 Å². The predicted molar refractivity (Wildman–Crippen MR) is 50.0 cm³/mol. The summed E-state index contributed by atoms with van der Waals surface area (Å²) in [6.07, 6.45) is 1.67. The first-order chi connectivity index (χ1) is 6.16. The van der Waals surface area contributed by atoms with E-state index in [9.17, 15) is 4.79 Å². The number of amides is 1. The number of aromatic nitrogens is 1. The quantitative estimate of drug-likeness (QED) is 0.401. The van der Waals surface area contributed by atoms with E-state index in [1.54, 1.807) is 18.3 Å². The number of carbonyl (C=O) groups excluding carboxylic acids is 1. The Labute approximate surface area is 77.1 Å². The van der Waals surface area contributed by atoms with Gasteiger partial charge in [-0.05, 0) is 18.1 Å². The Bertz CT molecular complexity index is 309. The third-order valence-electron chi connectivity index (χ3n) is 1.76. The van der Waals surface area contributed by atoms with Crippen LogP contribution in [0.15, 0.2) is 18.3 Å². The smallest absolute Gasteiger partial charge is 0.267 e. The number of nitrogens with two attached hydrogens (primary N) is 1. The van der Waals surface area contributed by atoms with Crippen LogP contribution in [0.3, 0.4) is 0 Å². The van der Waals surface area contributed by atoms with E-state index in [2.05, 4.69) is 10.4 Å². The SMILES string of the molecule is CC(C)c1ncccc1C(=O)NN. The second kappa shape index (κ2) is 4.00. The lowest BCUT2D eigenvalue weighted by molar-refractivity contribution is 0.0952. The number of rotatable bonds is 2. The van der Waals surface area contributed by atoms with Gasteiger partial charge in [-0.1, -0.05) is 13.8 Å². The van der Waals surface area contributed by atoms with Crippen LogP contribution in [0.2, 0.25) is 0 Å². The summed E-state index contributed by atoms with van der Waals surface area (Å²) in [6.45, 7) is 3.96.